The molecule has 0 bridgehead atoms. The first kappa shape index (κ1) is 14.2. The summed E-state index contributed by atoms with van der Waals surface area (Å²) in [6.07, 6.45) is 5.19. The molecule has 1 aliphatic rings. The topological polar surface area (TPSA) is 74.2 Å². The molecule has 0 aliphatic carbocycles. The summed E-state index contributed by atoms with van der Waals surface area (Å²) in [6, 6.07) is 5.69. The molecule has 1 saturated heterocycles. The van der Waals surface area contributed by atoms with Crippen LogP contribution in [0.4, 0.5) is 17.5 Å². The second-order valence-electron chi connectivity index (χ2n) is 5.09. The fraction of sp³-hybridized carbons (Fsp3) is 0.333. The second kappa shape index (κ2) is 6.38. The molecule has 0 unspecified atom stereocenters. The summed E-state index contributed by atoms with van der Waals surface area (Å²) in [5, 5.41) is 3.05. The van der Waals surface area contributed by atoms with Crippen molar-refractivity contribution in [1.82, 2.24) is 19.9 Å². The van der Waals surface area contributed by atoms with Crippen molar-refractivity contribution in [2.75, 3.05) is 36.4 Å². The number of hydrogen-bond donors (Lipinski definition) is 1. The summed E-state index contributed by atoms with van der Waals surface area (Å²) in [4.78, 5) is 28.0. The molecular weight excluding hydrogens is 280 g/mol. The molecule has 3 rings (SSSR count). The minimum atomic E-state index is 0.139. The number of pyridine rings is 1. The highest BCUT2D eigenvalue weighted by Crippen LogP contribution is 2.18. The molecule has 0 aromatic carbocycles. The molecule has 0 atom stereocenters. The van der Waals surface area contributed by atoms with Crippen LogP contribution in [0.3, 0.4) is 0 Å². The number of aromatic nitrogens is 3. The van der Waals surface area contributed by atoms with Crippen molar-refractivity contribution in [2.45, 2.75) is 6.92 Å². The van der Waals surface area contributed by atoms with E-state index in [0.717, 1.165) is 31.9 Å². The molecule has 0 spiro atoms. The van der Waals surface area contributed by atoms with E-state index in [2.05, 4.69) is 25.2 Å². The van der Waals surface area contributed by atoms with Gasteiger partial charge in [-0.15, -0.1) is 0 Å². The highest BCUT2D eigenvalue weighted by Gasteiger charge is 2.18. The molecule has 1 fully saturated rings. The smallest absolute Gasteiger partial charge is 0.228 e. The Morgan fingerprint density at radius 1 is 1.09 bits per heavy atom. The summed E-state index contributed by atoms with van der Waals surface area (Å²) in [5.74, 6) is 1.37. The van der Waals surface area contributed by atoms with Crippen LogP contribution in [-0.4, -0.2) is 51.9 Å². The lowest BCUT2D eigenvalue weighted by atomic mass is 10.2. The largest absolute Gasteiger partial charge is 0.367 e. The number of carbonyl (C=O) groups is 1. The fourth-order valence-electron chi connectivity index (χ4n) is 2.40. The van der Waals surface area contributed by atoms with E-state index in [4.69, 9.17) is 0 Å². The van der Waals surface area contributed by atoms with Gasteiger partial charge in [0.2, 0.25) is 11.9 Å². The third kappa shape index (κ3) is 3.30. The van der Waals surface area contributed by atoms with E-state index in [1.165, 1.54) is 0 Å². The summed E-state index contributed by atoms with van der Waals surface area (Å²) >= 11 is 0. The number of hydrogen-bond acceptors (Lipinski definition) is 6. The van der Waals surface area contributed by atoms with Crippen molar-refractivity contribution >= 4 is 23.4 Å². The van der Waals surface area contributed by atoms with Gasteiger partial charge in [0.15, 0.2) is 0 Å². The van der Waals surface area contributed by atoms with Crippen molar-refractivity contribution in [3.05, 3.63) is 36.8 Å². The van der Waals surface area contributed by atoms with Crippen LogP contribution < -0.4 is 10.2 Å². The summed E-state index contributed by atoms with van der Waals surface area (Å²) in [5.41, 5.74) is 1.06. The monoisotopic (exact) mass is 298 g/mol. The summed E-state index contributed by atoms with van der Waals surface area (Å²) < 4.78 is 0. The molecule has 2 aromatic rings. The lowest BCUT2D eigenvalue weighted by molar-refractivity contribution is -0.129. The van der Waals surface area contributed by atoms with Crippen LogP contribution in [0.1, 0.15) is 6.92 Å². The first-order valence-corrected chi connectivity index (χ1v) is 7.23. The van der Waals surface area contributed by atoms with Gasteiger partial charge in [-0.3, -0.25) is 4.79 Å². The maximum Gasteiger partial charge on any atom is 0.228 e. The van der Waals surface area contributed by atoms with Crippen LogP contribution in [0.15, 0.2) is 36.8 Å². The normalized spacial score (nSPS) is 14.8. The van der Waals surface area contributed by atoms with Crippen LogP contribution in [0, 0.1) is 0 Å². The highest BCUT2D eigenvalue weighted by atomic mass is 16.2. The van der Waals surface area contributed by atoms with Gasteiger partial charge in [-0.25, -0.2) is 15.0 Å². The highest BCUT2D eigenvalue weighted by molar-refractivity contribution is 5.73. The number of amides is 1. The maximum atomic E-state index is 11.3. The number of piperazine rings is 1. The molecule has 1 amide bonds. The van der Waals surface area contributed by atoms with E-state index in [0.29, 0.717) is 11.8 Å². The molecular formula is C15H18N6O. The predicted octanol–water partition coefficient (Wildman–Crippen LogP) is 1.28. The van der Waals surface area contributed by atoms with Gasteiger partial charge >= 0.3 is 0 Å². The molecule has 7 nitrogen and oxygen atoms in total. The zero-order valence-corrected chi connectivity index (χ0v) is 12.4. The molecule has 7 heteroatoms. The zero-order valence-electron chi connectivity index (χ0n) is 12.4. The third-order valence-electron chi connectivity index (χ3n) is 3.64. The predicted molar refractivity (Wildman–Crippen MR) is 84.0 cm³/mol. The minimum Gasteiger partial charge on any atom is -0.367 e. The number of carbonyl (C=O) groups excluding carboxylic acids is 1. The summed E-state index contributed by atoms with van der Waals surface area (Å²) in [7, 11) is 0. The minimum absolute atomic E-state index is 0.139. The fourth-order valence-corrected chi connectivity index (χ4v) is 2.40. The van der Waals surface area contributed by atoms with E-state index in [1.807, 2.05) is 23.2 Å². The van der Waals surface area contributed by atoms with Crippen LogP contribution >= 0.6 is 0 Å². The van der Waals surface area contributed by atoms with E-state index >= 15 is 0 Å². The Morgan fingerprint density at radius 3 is 2.41 bits per heavy atom. The zero-order chi connectivity index (χ0) is 15.4. The van der Waals surface area contributed by atoms with Crippen molar-refractivity contribution < 1.29 is 4.79 Å². The lowest BCUT2D eigenvalue weighted by Gasteiger charge is -2.35. The Bertz CT molecular complexity index is 622. The molecule has 2 aromatic heterocycles. The Kier molecular flexibility index (Phi) is 4.13. The molecule has 3 heterocycles. The summed E-state index contributed by atoms with van der Waals surface area (Å²) in [6.45, 7) is 4.79. The van der Waals surface area contributed by atoms with Crippen molar-refractivity contribution in [2.24, 2.45) is 0 Å². The van der Waals surface area contributed by atoms with E-state index < -0.39 is 0 Å². The van der Waals surface area contributed by atoms with Crippen molar-refractivity contribution in [3.8, 4) is 0 Å². The molecule has 0 saturated carbocycles. The van der Waals surface area contributed by atoms with Crippen LogP contribution in [0.5, 0.6) is 0 Å². The third-order valence-corrected chi connectivity index (χ3v) is 3.64. The van der Waals surface area contributed by atoms with Gasteiger partial charge < -0.3 is 15.1 Å². The molecule has 0 radical (unpaired) electrons. The van der Waals surface area contributed by atoms with Gasteiger partial charge in [-0.2, -0.15) is 0 Å². The van der Waals surface area contributed by atoms with Crippen LogP contribution in [0.2, 0.25) is 0 Å². The van der Waals surface area contributed by atoms with Gasteiger partial charge in [0.1, 0.15) is 5.82 Å². The van der Waals surface area contributed by atoms with Gasteiger partial charge in [-0.05, 0) is 18.2 Å². The number of nitrogens with one attached hydrogen (secondary N) is 1. The van der Waals surface area contributed by atoms with E-state index in [-0.39, 0.29) is 5.91 Å². The molecule has 22 heavy (non-hydrogen) atoms. The van der Waals surface area contributed by atoms with E-state index in [9.17, 15) is 4.79 Å². The Morgan fingerprint density at radius 2 is 1.82 bits per heavy atom. The molecule has 1 N–H and O–H groups in total. The molecule has 114 valence electrons. The number of rotatable bonds is 3. The first-order chi connectivity index (χ1) is 10.7. The number of anilines is 3. The Labute approximate surface area is 129 Å². The van der Waals surface area contributed by atoms with Gasteiger partial charge in [0.25, 0.3) is 0 Å². The van der Waals surface area contributed by atoms with Crippen LogP contribution in [-0.2, 0) is 4.79 Å². The average molecular weight is 298 g/mol. The Balaban J connectivity index is 1.61. The van der Waals surface area contributed by atoms with Gasteiger partial charge in [0.05, 0.1) is 11.9 Å². The maximum absolute atomic E-state index is 11.3. The molecule has 1 aliphatic heterocycles. The van der Waals surface area contributed by atoms with E-state index in [1.54, 1.807) is 25.4 Å². The first-order valence-electron chi connectivity index (χ1n) is 7.23. The van der Waals surface area contributed by atoms with Crippen molar-refractivity contribution in [1.29, 1.82) is 0 Å². The lowest BCUT2D eigenvalue weighted by Crippen LogP contribution is -2.48. The van der Waals surface area contributed by atoms with Crippen molar-refractivity contribution in [3.63, 3.8) is 0 Å². The van der Waals surface area contributed by atoms with Gasteiger partial charge in [-0.1, -0.05) is 0 Å². The average Bonchev–Trinajstić information content (AvgIpc) is 2.57. The van der Waals surface area contributed by atoms with Crippen LogP contribution in [0.25, 0.3) is 0 Å². The Hall–Kier alpha value is -2.70. The second-order valence-corrected chi connectivity index (χ2v) is 5.09. The van der Waals surface area contributed by atoms with Gasteiger partial charge in [0, 0.05) is 45.5 Å². The standard InChI is InChI=1S/C15H18N6O/c1-12(22)20-7-9-21(10-8-20)13-3-4-14(18-11-13)19-15-16-5-2-6-17-15/h2-6,11H,7-10H2,1H3,(H,16,17,18,19). The number of nitrogens with zero attached hydrogens (tertiary/aromatic N) is 5. The quantitative estimate of drug-likeness (QED) is 0.920. The SMILES string of the molecule is CC(=O)N1CCN(c2ccc(Nc3ncccn3)nc2)CC1.